The molecule has 0 aromatic carbocycles. The van der Waals surface area contributed by atoms with Crippen molar-refractivity contribution in [3.63, 3.8) is 0 Å². The average Bonchev–Trinajstić information content (AvgIpc) is 2.33. The Bertz CT molecular complexity index is 275. The molecular formula is C6H5ClN3+. The zero-order chi connectivity index (χ0) is 6.97. The maximum absolute atomic E-state index is 5.64. The highest BCUT2D eigenvalue weighted by Crippen LogP contribution is 1.94. The topological polar surface area (TPSA) is 29.2 Å². The molecule has 2 rings (SSSR count). The van der Waals surface area contributed by atoms with Gasteiger partial charge in [0.1, 0.15) is 6.20 Å². The molecule has 0 aliphatic carbocycles. The van der Waals surface area contributed by atoms with Crippen molar-refractivity contribution < 1.29 is 5.01 Å². The van der Waals surface area contributed by atoms with Gasteiger partial charge in [0.15, 0.2) is 5.17 Å². The maximum atomic E-state index is 5.64. The first-order valence-corrected chi connectivity index (χ1v) is 3.28. The molecule has 2 aliphatic rings. The highest BCUT2D eigenvalue weighted by molar-refractivity contribution is 6.68. The number of hydrogen-bond donors (Lipinski definition) is 1. The third-order valence-corrected chi connectivity index (χ3v) is 1.52. The van der Waals surface area contributed by atoms with Gasteiger partial charge in [0.2, 0.25) is 0 Å². The normalized spacial score (nSPS) is 27.9. The van der Waals surface area contributed by atoms with Crippen LogP contribution in [-0.2, 0) is 0 Å². The molecule has 50 valence electrons. The van der Waals surface area contributed by atoms with Gasteiger partial charge in [-0.05, 0) is 6.08 Å². The largest absolute Gasteiger partial charge is 0.257 e. The van der Waals surface area contributed by atoms with Gasteiger partial charge in [0.25, 0.3) is 5.84 Å². The zero-order valence-electron chi connectivity index (χ0n) is 5.08. The van der Waals surface area contributed by atoms with E-state index in [1.807, 2.05) is 12.3 Å². The smallest absolute Gasteiger partial charge is 0.197 e. The number of aliphatic imine (C=N–C) groups is 1. The van der Waals surface area contributed by atoms with Gasteiger partial charge < -0.3 is 0 Å². The molecule has 1 unspecified atom stereocenters. The highest BCUT2D eigenvalue weighted by atomic mass is 35.5. The molecule has 0 aromatic heterocycles. The van der Waals surface area contributed by atoms with E-state index in [2.05, 4.69) is 10.1 Å². The molecule has 0 bridgehead atoms. The van der Waals surface area contributed by atoms with Crippen LogP contribution in [0.15, 0.2) is 34.6 Å². The Morgan fingerprint density at radius 2 is 2.30 bits per heavy atom. The van der Waals surface area contributed by atoms with Gasteiger partial charge >= 0.3 is 0 Å². The Morgan fingerprint density at radius 3 is 3.20 bits per heavy atom. The molecule has 0 fully saturated rings. The number of amidine groups is 1. The second-order valence-electron chi connectivity index (χ2n) is 1.98. The van der Waals surface area contributed by atoms with Gasteiger partial charge in [-0.3, -0.25) is 0 Å². The van der Waals surface area contributed by atoms with Crippen molar-refractivity contribution >= 4 is 22.6 Å². The fourth-order valence-electron chi connectivity index (χ4n) is 0.863. The summed E-state index contributed by atoms with van der Waals surface area (Å²) in [7, 11) is 0. The Labute approximate surface area is 63.0 Å². The van der Waals surface area contributed by atoms with Crippen LogP contribution in [0, 0.1) is 0 Å². The highest BCUT2D eigenvalue weighted by Gasteiger charge is 2.19. The lowest BCUT2D eigenvalue weighted by Gasteiger charge is -2.04. The molecule has 0 amide bonds. The van der Waals surface area contributed by atoms with E-state index in [9.17, 15) is 0 Å². The summed E-state index contributed by atoms with van der Waals surface area (Å²) in [4.78, 5) is 4.04. The van der Waals surface area contributed by atoms with Gasteiger partial charge in [-0.15, -0.1) is 5.01 Å². The van der Waals surface area contributed by atoms with Crippen LogP contribution in [0.4, 0.5) is 0 Å². The quantitative estimate of drug-likeness (QED) is 0.504. The Kier molecular flexibility index (Phi) is 1.19. The van der Waals surface area contributed by atoms with Gasteiger partial charge in [-0.2, -0.15) is 4.99 Å². The molecule has 10 heavy (non-hydrogen) atoms. The minimum atomic E-state index is 0.514. The van der Waals surface area contributed by atoms with E-state index >= 15 is 0 Å². The Hall–Kier alpha value is -0.930. The second kappa shape index (κ2) is 2.04. The molecular weight excluding hydrogens is 150 g/mol. The molecule has 0 saturated carbocycles. The van der Waals surface area contributed by atoms with E-state index in [0.717, 1.165) is 10.8 Å². The van der Waals surface area contributed by atoms with E-state index in [0.29, 0.717) is 5.17 Å². The lowest BCUT2D eigenvalue weighted by Crippen LogP contribution is -3.05. The first-order valence-electron chi connectivity index (χ1n) is 2.90. The van der Waals surface area contributed by atoms with Crippen molar-refractivity contribution in [1.82, 2.24) is 0 Å². The summed E-state index contributed by atoms with van der Waals surface area (Å²) in [5.41, 5.74) is 0. The molecule has 3 nitrogen and oxygen atoms in total. The Balaban J connectivity index is 2.39. The molecule has 0 aromatic rings. The number of quaternary nitrogens is 1. The van der Waals surface area contributed by atoms with E-state index in [4.69, 9.17) is 11.6 Å². The third-order valence-electron chi connectivity index (χ3n) is 1.31. The van der Waals surface area contributed by atoms with Gasteiger partial charge in [0, 0.05) is 6.08 Å². The van der Waals surface area contributed by atoms with Crippen molar-refractivity contribution in [2.24, 2.45) is 10.1 Å². The van der Waals surface area contributed by atoms with Crippen molar-refractivity contribution in [1.29, 1.82) is 0 Å². The van der Waals surface area contributed by atoms with Crippen molar-refractivity contribution in [2.75, 3.05) is 0 Å². The van der Waals surface area contributed by atoms with Crippen molar-refractivity contribution in [3.8, 4) is 0 Å². The summed E-state index contributed by atoms with van der Waals surface area (Å²) in [5, 5.41) is 5.41. The van der Waals surface area contributed by atoms with Crippen LogP contribution >= 0.6 is 11.6 Å². The molecule has 1 atom stereocenters. The van der Waals surface area contributed by atoms with Gasteiger partial charge in [-0.25, -0.2) is 0 Å². The van der Waals surface area contributed by atoms with Gasteiger partial charge in [-0.1, -0.05) is 16.7 Å². The summed E-state index contributed by atoms with van der Waals surface area (Å²) >= 11 is 5.64. The van der Waals surface area contributed by atoms with Crippen molar-refractivity contribution in [3.05, 3.63) is 24.6 Å². The number of fused-ring (bicyclic) bond motifs is 1. The van der Waals surface area contributed by atoms with Crippen LogP contribution in [0.25, 0.3) is 0 Å². The van der Waals surface area contributed by atoms with Crippen LogP contribution in [0.3, 0.4) is 0 Å². The minimum absolute atomic E-state index is 0.514. The summed E-state index contributed by atoms with van der Waals surface area (Å²) in [6, 6.07) is 0. The second-order valence-corrected chi connectivity index (χ2v) is 2.37. The third kappa shape index (κ3) is 0.798. The molecule has 0 saturated heterocycles. The molecule has 2 heterocycles. The maximum Gasteiger partial charge on any atom is 0.257 e. The molecule has 2 aliphatic heterocycles. The minimum Gasteiger partial charge on any atom is -0.197 e. The zero-order valence-corrected chi connectivity index (χ0v) is 5.84. The van der Waals surface area contributed by atoms with Crippen LogP contribution in [-0.4, -0.2) is 11.0 Å². The van der Waals surface area contributed by atoms with Crippen LogP contribution < -0.4 is 5.01 Å². The molecule has 0 spiro atoms. The average molecular weight is 155 g/mol. The first-order chi connectivity index (χ1) is 4.86. The standard InChI is InChI=1S/C6H4ClN3/c7-5-1-2-6-8-3-4-10(6)9-5/h1-4H/p+1. The number of halogens is 1. The number of nitrogens with zero attached hydrogens (tertiary/aromatic N) is 2. The summed E-state index contributed by atoms with van der Waals surface area (Å²) in [6.45, 7) is 0. The van der Waals surface area contributed by atoms with Crippen LogP contribution in [0.2, 0.25) is 0 Å². The van der Waals surface area contributed by atoms with Gasteiger partial charge in [0.05, 0.1) is 6.20 Å². The lowest BCUT2D eigenvalue weighted by atomic mass is 10.4. The van der Waals surface area contributed by atoms with Crippen LogP contribution in [0.1, 0.15) is 0 Å². The number of rotatable bonds is 0. The summed E-state index contributed by atoms with van der Waals surface area (Å²) < 4.78 is 0. The fourth-order valence-corrected chi connectivity index (χ4v) is 1.02. The molecule has 1 N–H and O–H groups in total. The lowest BCUT2D eigenvalue weighted by molar-refractivity contribution is -0.750. The van der Waals surface area contributed by atoms with E-state index < -0.39 is 0 Å². The van der Waals surface area contributed by atoms with Crippen LogP contribution in [0.5, 0.6) is 0 Å². The van der Waals surface area contributed by atoms with E-state index in [1.54, 1.807) is 12.3 Å². The first kappa shape index (κ1) is 5.82. The fraction of sp³-hybridized carbons (Fsp3) is 0. The number of hydrogen-bond acceptors (Lipinski definition) is 2. The SMILES string of the molecule is ClC1=N[NH+]2C=CN=C2C=C1. The number of nitrogens with one attached hydrogen (secondary N) is 1. The number of allylic oxidation sites excluding steroid dienone is 1. The summed E-state index contributed by atoms with van der Waals surface area (Å²) in [5.74, 6) is 0.893. The summed E-state index contributed by atoms with van der Waals surface area (Å²) in [6.07, 6.45) is 7.14. The molecule has 0 radical (unpaired) electrons. The molecule has 4 heteroatoms. The van der Waals surface area contributed by atoms with E-state index in [1.165, 1.54) is 0 Å². The monoisotopic (exact) mass is 154 g/mol. The predicted octanol–water partition coefficient (Wildman–Crippen LogP) is -0.123. The Morgan fingerprint density at radius 1 is 1.40 bits per heavy atom. The van der Waals surface area contributed by atoms with E-state index in [-0.39, 0.29) is 0 Å². The predicted molar refractivity (Wildman–Crippen MR) is 40.0 cm³/mol. The van der Waals surface area contributed by atoms with Crippen molar-refractivity contribution in [2.45, 2.75) is 0 Å².